The van der Waals surface area contributed by atoms with Gasteiger partial charge in [0, 0.05) is 39.6 Å². The van der Waals surface area contributed by atoms with Gasteiger partial charge in [0.1, 0.15) is 12.2 Å². The van der Waals surface area contributed by atoms with Gasteiger partial charge in [-0.25, -0.2) is 0 Å². The third-order valence-corrected chi connectivity index (χ3v) is 7.09. The maximum atomic E-state index is 6.10. The summed E-state index contributed by atoms with van der Waals surface area (Å²) < 4.78 is 36.3. The molecule has 1 aromatic carbocycles. The predicted molar refractivity (Wildman–Crippen MR) is 127 cm³/mol. The first kappa shape index (κ1) is 27.4. The summed E-state index contributed by atoms with van der Waals surface area (Å²) in [5, 5.41) is 0. The van der Waals surface area contributed by atoms with Crippen LogP contribution in [-0.4, -0.2) is 70.9 Å². The molecule has 0 N–H and O–H groups in total. The molecule has 6 nitrogen and oxygen atoms in total. The Kier molecular flexibility index (Phi) is 12.6. The second kappa shape index (κ2) is 13.7. The molecule has 30 heavy (non-hydrogen) atoms. The molecule has 2 atom stereocenters. The molecule has 0 aliphatic carbocycles. The topological polar surface area (TPSA) is 55.4 Å². The highest BCUT2D eigenvalue weighted by Gasteiger charge is 2.39. The van der Waals surface area contributed by atoms with Crippen molar-refractivity contribution in [3.05, 3.63) is 35.4 Å². The highest BCUT2D eigenvalue weighted by molar-refractivity contribution is 6.14. The molecule has 0 saturated heterocycles. The molecule has 0 saturated carbocycles. The molecule has 0 fully saturated rings. The average Bonchev–Trinajstić information content (AvgIpc) is 2.71. The van der Waals surface area contributed by atoms with Crippen LogP contribution in [-0.2, 0) is 28.4 Å². The van der Waals surface area contributed by atoms with E-state index in [1.165, 1.54) is 0 Å². The first-order valence-electron chi connectivity index (χ1n) is 11.2. The largest absolute Gasteiger partial charge is 0.369 e. The molecule has 0 radical (unpaired) electrons. The first-order valence-corrected chi connectivity index (χ1v) is 13.2. The van der Waals surface area contributed by atoms with Gasteiger partial charge in [-0.2, -0.15) is 0 Å². The monoisotopic (exact) mass is 458 g/mol. The van der Waals surface area contributed by atoms with Crippen molar-refractivity contribution >= 4 is 20.5 Å². The van der Waals surface area contributed by atoms with Crippen molar-refractivity contribution in [3.63, 3.8) is 0 Å². The standard InChI is InChI=1S/C22H42O6Si2/c1-7-23-19(21(29,25-9-3)26-10-4)17-13-15-18(16-14-17)20(24-8-2)22(30,27-11-5)28-12-6/h13-16,19-20H,7-12H2,1-6,29-30H3. The molecule has 1 aromatic rings. The second-order valence-electron chi connectivity index (χ2n) is 7.10. The van der Waals surface area contributed by atoms with Crippen LogP contribution in [0.5, 0.6) is 0 Å². The highest BCUT2D eigenvalue weighted by atomic mass is 28.2. The van der Waals surface area contributed by atoms with Gasteiger partial charge in [-0.1, -0.05) is 24.3 Å². The number of hydrogen-bond donors (Lipinski definition) is 0. The summed E-state index contributed by atoms with van der Waals surface area (Å²) in [4.78, 5) is 0. The van der Waals surface area contributed by atoms with Crippen molar-refractivity contribution in [1.29, 1.82) is 0 Å². The molecule has 0 aromatic heterocycles. The zero-order valence-corrected chi connectivity index (χ0v) is 24.2. The van der Waals surface area contributed by atoms with Crippen LogP contribution in [0.15, 0.2) is 24.3 Å². The van der Waals surface area contributed by atoms with Gasteiger partial charge in [-0.05, 0) is 52.7 Å². The minimum atomic E-state index is -0.724. The van der Waals surface area contributed by atoms with E-state index in [2.05, 4.69) is 24.3 Å². The molecule has 8 heteroatoms. The molecule has 2 unspecified atom stereocenters. The average molecular weight is 459 g/mol. The van der Waals surface area contributed by atoms with E-state index in [9.17, 15) is 0 Å². The van der Waals surface area contributed by atoms with Gasteiger partial charge in [0.15, 0.2) is 10.8 Å². The van der Waals surface area contributed by atoms with E-state index in [1.807, 2.05) is 41.5 Å². The Bertz CT molecular complexity index is 520. The normalized spacial score (nSPS) is 14.9. The first-order chi connectivity index (χ1) is 14.4. The molecule has 0 aliphatic heterocycles. The van der Waals surface area contributed by atoms with Crippen LogP contribution in [0.25, 0.3) is 0 Å². The maximum absolute atomic E-state index is 6.10. The van der Waals surface area contributed by atoms with Crippen molar-refractivity contribution in [2.45, 2.75) is 64.6 Å². The predicted octanol–water partition coefficient (Wildman–Crippen LogP) is 2.03. The van der Waals surface area contributed by atoms with Gasteiger partial charge in [0.05, 0.1) is 20.5 Å². The van der Waals surface area contributed by atoms with E-state index < -0.39 is 10.8 Å². The van der Waals surface area contributed by atoms with Crippen LogP contribution >= 0.6 is 0 Å². The van der Waals surface area contributed by atoms with Crippen molar-refractivity contribution in [2.75, 3.05) is 39.6 Å². The van der Waals surface area contributed by atoms with Crippen molar-refractivity contribution in [3.8, 4) is 0 Å². The molecule has 0 heterocycles. The summed E-state index contributed by atoms with van der Waals surface area (Å²) in [6.07, 6.45) is -0.568. The molecular formula is C22H42O6Si2. The lowest BCUT2D eigenvalue weighted by Gasteiger charge is -2.38. The van der Waals surface area contributed by atoms with Crippen LogP contribution < -0.4 is 0 Å². The summed E-state index contributed by atoms with van der Waals surface area (Å²) >= 11 is 0. The lowest BCUT2D eigenvalue weighted by molar-refractivity contribution is -0.239. The number of rotatable bonds is 16. The smallest absolute Gasteiger partial charge is 0.170 e. The number of ether oxygens (including phenoxy) is 6. The maximum Gasteiger partial charge on any atom is 0.170 e. The summed E-state index contributed by atoms with van der Waals surface area (Å²) in [7, 11) is 1.36. The minimum Gasteiger partial charge on any atom is -0.369 e. The van der Waals surface area contributed by atoms with Crippen LogP contribution in [0.3, 0.4) is 0 Å². The van der Waals surface area contributed by atoms with Crippen LogP contribution in [0, 0.1) is 0 Å². The summed E-state index contributed by atoms with van der Waals surface area (Å²) in [5.41, 5.74) is 0.607. The van der Waals surface area contributed by atoms with Gasteiger partial charge in [0.2, 0.25) is 0 Å². The van der Waals surface area contributed by atoms with Gasteiger partial charge >= 0.3 is 0 Å². The van der Waals surface area contributed by atoms with Gasteiger partial charge < -0.3 is 28.4 Å². The Morgan fingerprint density at radius 1 is 0.567 bits per heavy atom. The molecule has 0 bridgehead atoms. The lowest BCUT2D eigenvalue weighted by atomic mass is 10.0. The van der Waals surface area contributed by atoms with Crippen molar-refractivity contribution in [2.24, 2.45) is 0 Å². The van der Waals surface area contributed by atoms with E-state index in [4.69, 9.17) is 28.4 Å². The third-order valence-electron chi connectivity index (χ3n) is 4.88. The van der Waals surface area contributed by atoms with E-state index in [-0.39, 0.29) is 12.2 Å². The quantitative estimate of drug-likeness (QED) is 0.279. The molecule has 0 spiro atoms. The fraction of sp³-hybridized carbons (Fsp3) is 0.727. The second-order valence-corrected chi connectivity index (χ2v) is 9.89. The van der Waals surface area contributed by atoms with Gasteiger partial charge in [-0.15, -0.1) is 0 Å². The van der Waals surface area contributed by atoms with Crippen LogP contribution in [0.2, 0.25) is 0 Å². The van der Waals surface area contributed by atoms with E-state index >= 15 is 0 Å². The summed E-state index contributed by atoms with van der Waals surface area (Å²) in [6.45, 7) is 15.4. The van der Waals surface area contributed by atoms with E-state index in [1.54, 1.807) is 0 Å². The fourth-order valence-electron chi connectivity index (χ4n) is 3.81. The molecule has 1 rings (SSSR count). The van der Waals surface area contributed by atoms with E-state index in [0.29, 0.717) is 60.1 Å². The minimum absolute atomic E-state index is 0.284. The van der Waals surface area contributed by atoms with Crippen LogP contribution in [0.1, 0.15) is 64.9 Å². The Hall–Kier alpha value is -0.586. The van der Waals surface area contributed by atoms with Gasteiger partial charge in [-0.3, -0.25) is 0 Å². The zero-order valence-electron chi connectivity index (χ0n) is 20.2. The highest BCUT2D eigenvalue weighted by Crippen LogP contribution is 2.36. The Morgan fingerprint density at radius 3 is 1.03 bits per heavy atom. The van der Waals surface area contributed by atoms with E-state index in [0.717, 1.165) is 11.1 Å². The van der Waals surface area contributed by atoms with Crippen molar-refractivity contribution in [1.82, 2.24) is 0 Å². The molecular weight excluding hydrogens is 416 g/mol. The lowest BCUT2D eigenvalue weighted by Crippen LogP contribution is -2.45. The Labute approximate surface area is 188 Å². The zero-order chi connectivity index (χ0) is 22.6. The third kappa shape index (κ3) is 7.24. The summed E-state index contributed by atoms with van der Waals surface area (Å²) in [6, 6.07) is 8.30. The summed E-state index contributed by atoms with van der Waals surface area (Å²) in [5.74, 6) is 0. The fourth-order valence-corrected chi connectivity index (χ4v) is 5.97. The molecule has 0 amide bonds. The molecule has 0 aliphatic rings. The molecule has 174 valence electrons. The Balaban J connectivity index is 3.28. The number of hydrogen-bond acceptors (Lipinski definition) is 6. The number of benzene rings is 1. The van der Waals surface area contributed by atoms with Crippen molar-refractivity contribution < 1.29 is 28.4 Å². The Morgan fingerprint density at radius 2 is 0.833 bits per heavy atom. The SMILES string of the molecule is CCOC(c1ccc(C(OCC)C([SiH3])(OCC)OCC)cc1)C([SiH3])(OCC)OCC. The van der Waals surface area contributed by atoms with Gasteiger partial charge in [0.25, 0.3) is 0 Å². The van der Waals surface area contributed by atoms with Crippen LogP contribution in [0.4, 0.5) is 0 Å².